The SMILES string of the molecule is CS(=O)(=O)N(CCC(=O)Nc1cccc2cccnc12)c1ccccc1C#N. The number of nitrogens with zero attached hydrogens (tertiary/aromatic N) is 3. The molecule has 142 valence electrons. The zero-order valence-corrected chi connectivity index (χ0v) is 16.0. The molecule has 3 rings (SSSR count). The number of rotatable bonds is 6. The van der Waals surface area contributed by atoms with Crippen molar-refractivity contribution in [3.63, 3.8) is 0 Å². The summed E-state index contributed by atoms with van der Waals surface area (Å²) < 4.78 is 25.5. The van der Waals surface area contributed by atoms with Gasteiger partial charge in [0.25, 0.3) is 0 Å². The molecule has 1 heterocycles. The third-order valence-electron chi connectivity index (χ3n) is 4.14. The molecule has 1 amide bonds. The maximum Gasteiger partial charge on any atom is 0.232 e. The molecule has 0 aliphatic carbocycles. The fourth-order valence-electron chi connectivity index (χ4n) is 2.87. The van der Waals surface area contributed by atoms with E-state index in [-0.39, 0.29) is 30.1 Å². The molecule has 0 radical (unpaired) electrons. The highest BCUT2D eigenvalue weighted by molar-refractivity contribution is 7.92. The third-order valence-corrected chi connectivity index (χ3v) is 5.32. The van der Waals surface area contributed by atoms with Crippen molar-refractivity contribution < 1.29 is 13.2 Å². The summed E-state index contributed by atoms with van der Waals surface area (Å²) in [4.78, 5) is 16.7. The summed E-state index contributed by atoms with van der Waals surface area (Å²) in [5.41, 5.74) is 1.71. The van der Waals surface area contributed by atoms with Gasteiger partial charge in [0.15, 0.2) is 0 Å². The molecule has 0 unspecified atom stereocenters. The summed E-state index contributed by atoms with van der Waals surface area (Å²) in [6.45, 7) is -0.0818. The lowest BCUT2D eigenvalue weighted by atomic mass is 10.2. The Hall–Kier alpha value is -3.44. The summed E-state index contributed by atoms with van der Waals surface area (Å²) in [5, 5.41) is 12.9. The van der Waals surface area contributed by atoms with Crippen LogP contribution in [0.25, 0.3) is 10.9 Å². The Morgan fingerprint density at radius 1 is 1.14 bits per heavy atom. The molecule has 0 aliphatic heterocycles. The van der Waals surface area contributed by atoms with Crippen LogP contribution in [0.15, 0.2) is 60.8 Å². The molecule has 3 aromatic rings. The largest absolute Gasteiger partial charge is 0.324 e. The number of amides is 1. The van der Waals surface area contributed by atoms with Crippen LogP contribution in [0.3, 0.4) is 0 Å². The molecule has 7 nitrogen and oxygen atoms in total. The van der Waals surface area contributed by atoms with Gasteiger partial charge in [0.2, 0.25) is 15.9 Å². The van der Waals surface area contributed by atoms with E-state index in [9.17, 15) is 18.5 Å². The number of sulfonamides is 1. The zero-order valence-electron chi connectivity index (χ0n) is 15.2. The van der Waals surface area contributed by atoms with Crippen molar-refractivity contribution in [1.29, 1.82) is 5.26 Å². The molecule has 0 atom stereocenters. The highest BCUT2D eigenvalue weighted by Crippen LogP contribution is 2.23. The number of pyridine rings is 1. The fraction of sp³-hybridized carbons (Fsp3) is 0.150. The van der Waals surface area contributed by atoms with Crippen LogP contribution >= 0.6 is 0 Å². The van der Waals surface area contributed by atoms with Crippen molar-refractivity contribution in [1.82, 2.24) is 4.98 Å². The predicted molar refractivity (Wildman–Crippen MR) is 108 cm³/mol. The normalized spacial score (nSPS) is 11.0. The number of anilines is 2. The van der Waals surface area contributed by atoms with Crippen LogP contribution < -0.4 is 9.62 Å². The van der Waals surface area contributed by atoms with E-state index in [1.165, 1.54) is 6.07 Å². The molecule has 0 spiro atoms. The monoisotopic (exact) mass is 394 g/mol. The molecule has 0 saturated heterocycles. The van der Waals surface area contributed by atoms with Gasteiger partial charge >= 0.3 is 0 Å². The highest BCUT2D eigenvalue weighted by atomic mass is 32.2. The van der Waals surface area contributed by atoms with E-state index in [1.807, 2.05) is 30.3 Å². The quantitative estimate of drug-likeness (QED) is 0.692. The second-order valence-corrected chi connectivity index (χ2v) is 8.05. The number of para-hydroxylation sites is 2. The average molecular weight is 394 g/mol. The van der Waals surface area contributed by atoms with Gasteiger partial charge in [0.1, 0.15) is 6.07 Å². The molecule has 1 N–H and O–H groups in total. The molecule has 0 bridgehead atoms. The Morgan fingerprint density at radius 3 is 2.64 bits per heavy atom. The minimum atomic E-state index is -3.66. The average Bonchev–Trinajstić information content (AvgIpc) is 2.68. The van der Waals surface area contributed by atoms with Gasteiger partial charge in [-0.2, -0.15) is 5.26 Å². The number of carbonyl (C=O) groups is 1. The lowest BCUT2D eigenvalue weighted by Gasteiger charge is -2.23. The Morgan fingerprint density at radius 2 is 1.89 bits per heavy atom. The molecule has 2 aromatic carbocycles. The molecular weight excluding hydrogens is 376 g/mol. The minimum absolute atomic E-state index is 0.0734. The van der Waals surface area contributed by atoms with Crippen LogP contribution in [0.5, 0.6) is 0 Å². The first-order chi connectivity index (χ1) is 13.4. The Kier molecular flexibility index (Phi) is 5.57. The number of carbonyl (C=O) groups excluding carboxylic acids is 1. The zero-order chi connectivity index (χ0) is 20.1. The summed E-state index contributed by atoms with van der Waals surface area (Å²) in [6, 6.07) is 17.5. The molecule has 0 fully saturated rings. The fourth-order valence-corrected chi connectivity index (χ4v) is 3.81. The Labute approximate surface area is 163 Å². The number of fused-ring (bicyclic) bond motifs is 1. The van der Waals surface area contributed by atoms with E-state index in [0.29, 0.717) is 11.2 Å². The molecule has 0 aliphatic rings. The van der Waals surface area contributed by atoms with Crippen LogP contribution in [0.4, 0.5) is 11.4 Å². The summed E-state index contributed by atoms with van der Waals surface area (Å²) in [5.74, 6) is -0.346. The third kappa shape index (κ3) is 4.27. The highest BCUT2D eigenvalue weighted by Gasteiger charge is 2.21. The topological polar surface area (TPSA) is 103 Å². The number of hydrogen-bond donors (Lipinski definition) is 1. The summed E-state index contributed by atoms with van der Waals surface area (Å²) >= 11 is 0. The maximum atomic E-state index is 12.4. The van der Waals surface area contributed by atoms with Crippen LogP contribution in [-0.2, 0) is 14.8 Å². The Bertz CT molecular complexity index is 1160. The minimum Gasteiger partial charge on any atom is -0.324 e. The van der Waals surface area contributed by atoms with E-state index in [4.69, 9.17) is 0 Å². The Balaban J connectivity index is 1.78. The van der Waals surface area contributed by atoms with Crippen molar-refractivity contribution in [3.05, 3.63) is 66.4 Å². The van der Waals surface area contributed by atoms with Gasteiger partial charge in [0.05, 0.1) is 28.7 Å². The van der Waals surface area contributed by atoms with Crippen molar-refractivity contribution >= 4 is 38.2 Å². The predicted octanol–water partition coefficient (Wildman–Crippen LogP) is 2.90. The van der Waals surface area contributed by atoms with Crippen LogP contribution in [-0.4, -0.2) is 32.1 Å². The first kappa shape index (κ1) is 19.3. The van der Waals surface area contributed by atoms with Gasteiger partial charge in [-0.25, -0.2) is 8.42 Å². The van der Waals surface area contributed by atoms with Gasteiger partial charge < -0.3 is 5.32 Å². The number of nitrogens with one attached hydrogen (secondary N) is 1. The second kappa shape index (κ2) is 8.06. The first-order valence-electron chi connectivity index (χ1n) is 8.50. The molecule has 0 saturated carbocycles. The van der Waals surface area contributed by atoms with Gasteiger partial charge in [-0.3, -0.25) is 14.1 Å². The van der Waals surface area contributed by atoms with Crippen molar-refractivity contribution in [3.8, 4) is 6.07 Å². The molecular formula is C20H18N4O3S. The standard InChI is InChI=1S/C20H18N4O3S/c1-28(26,27)24(18-10-3-2-6-16(18)14-21)13-11-19(25)23-17-9-4-7-15-8-5-12-22-20(15)17/h2-10,12H,11,13H2,1H3,(H,23,25). The smallest absolute Gasteiger partial charge is 0.232 e. The lowest BCUT2D eigenvalue weighted by molar-refractivity contribution is -0.116. The lowest BCUT2D eigenvalue weighted by Crippen LogP contribution is -2.33. The second-order valence-electron chi connectivity index (χ2n) is 6.14. The van der Waals surface area contributed by atoms with Gasteiger partial charge in [-0.15, -0.1) is 0 Å². The number of aromatic nitrogens is 1. The number of hydrogen-bond acceptors (Lipinski definition) is 5. The number of benzene rings is 2. The van der Waals surface area contributed by atoms with Gasteiger partial charge in [-0.1, -0.05) is 30.3 Å². The van der Waals surface area contributed by atoms with E-state index in [0.717, 1.165) is 15.9 Å². The van der Waals surface area contributed by atoms with Crippen molar-refractivity contribution in [2.45, 2.75) is 6.42 Å². The maximum absolute atomic E-state index is 12.4. The van der Waals surface area contributed by atoms with E-state index >= 15 is 0 Å². The summed E-state index contributed by atoms with van der Waals surface area (Å²) in [7, 11) is -3.66. The van der Waals surface area contributed by atoms with E-state index in [2.05, 4.69) is 10.3 Å². The summed E-state index contributed by atoms with van der Waals surface area (Å²) in [6.07, 6.45) is 2.62. The van der Waals surface area contributed by atoms with Gasteiger partial charge in [-0.05, 0) is 24.3 Å². The van der Waals surface area contributed by atoms with Gasteiger partial charge in [0, 0.05) is 24.5 Å². The van der Waals surface area contributed by atoms with Crippen molar-refractivity contribution in [2.24, 2.45) is 0 Å². The first-order valence-corrected chi connectivity index (χ1v) is 10.4. The van der Waals surface area contributed by atoms with Crippen LogP contribution in [0.1, 0.15) is 12.0 Å². The van der Waals surface area contributed by atoms with Crippen LogP contribution in [0.2, 0.25) is 0 Å². The van der Waals surface area contributed by atoms with E-state index < -0.39 is 10.0 Å². The van der Waals surface area contributed by atoms with Crippen LogP contribution in [0, 0.1) is 11.3 Å². The molecule has 28 heavy (non-hydrogen) atoms. The molecule has 1 aromatic heterocycles. The van der Waals surface area contributed by atoms with E-state index in [1.54, 1.807) is 30.5 Å². The van der Waals surface area contributed by atoms with Crippen molar-refractivity contribution in [2.75, 3.05) is 22.4 Å². The molecule has 8 heteroatoms. The number of nitriles is 1.